The average molecular weight is 659 g/mol. The summed E-state index contributed by atoms with van der Waals surface area (Å²) in [6.07, 6.45) is 7.65. The van der Waals surface area contributed by atoms with E-state index in [-0.39, 0.29) is 12.1 Å². The lowest BCUT2D eigenvalue weighted by atomic mass is 10.1. The number of rotatable bonds is 15. The molecule has 5 N–H and O–H groups in total. The molecular formula is C37H50N6O3S. The Morgan fingerprint density at radius 1 is 1.04 bits per heavy atom. The molecule has 252 valence electrons. The molecule has 0 saturated carbocycles. The highest BCUT2D eigenvalue weighted by molar-refractivity contribution is 7.98. The number of benzene rings is 2. The van der Waals surface area contributed by atoms with Crippen molar-refractivity contribution in [2.45, 2.75) is 37.6 Å². The van der Waals surface area contributed by atoms with Gasteiger partial charge in [-0.3, -0.25) is 9.78 Å². The van der Waals surface area contributed by atoms with Crippen molar-refractivity contribution < 1.29 is 14.3 Å². The van der Waals surface area contributed by atoms with Crippen LogP contribution in [0.4, 0.5) is 5.69 Å². The molecule has 9 nitrogen and oxygen atoms in total. The van der Waals surface area contributed by atoms with E-state index < -0.39 is 6.23 Å². The van der Waals surface area contributed by atoms with Gasteiger partial charge in [-0.05, 0) is 74.7 Å². The van der Waals surface area contributed by atoms with Crippen molar-refractivity contribution in [2.24, 2.45) is 5.73 Å². The van der Waals surface area contributed by atoms with E-state index in [1.807, 2.05) is 92.8 Å². The van der Waals surface area contributed by atoms with Crippen molar-refractivity contribution >= 4 is 23.4 Å². The molecule has 0 bridgehead atoms. The number of nitrogens with zero attached hydrogens (tertiary/aromatic N) is 2. The summed E-state index contributed by atoms with van der Waals surface area (Å²) in [7, 11) is 7.17. The Labute approximate surface area is 285 Å². The Kier molecular flexibility index (Phi) is 18.0. The van der Waals surface area contributed by atoms with Gasteiger partial charge >= 0.3 is 0 Å². The zero-order valence-corrected chi connectivity index (χ0v) is 29.5. The van der Waals surface area contributed by atoms with Crippen molar-refractivity contribution in [1.29, 1.82) is 0 Å². The molecular weight excluding hydrogens is 609 g/mol. The summed E-state index contributed by atoms with van der Waals surface area (Å²) in [6, 6.07) is 17.4. The van der Waals surface area contributed by atoms with Gasteiger partial charge in [-0.2, -0.15) is 0 Å². The van der Waals surface area contributed by atoms with Crippen molar-refractivity contribution in [1.82, 2.24) is 20.5 Å². The first kappa shape index (κ1) is 39.1. The van der Waals surface area contributed by atoms with E-state index in [1.54, 1.807) is 38.4 Å². The summed E-state index contributed by atoms with van der Waals surface area (Å²) < 4.78 is 10.8. The van der Waals surface area contributed by atoms with Crippen LogP contribution in [0.25, 0.3) is 0 Å². The molecule has 1 aromatic heterocycles. The molecule has 3 rings (SSSR count). The van der Waals surface area contributed by atoms with Crippen molar-refractivity contribution in [3.63, 3.8) is 0 Å². The zero-order chi connectivity index (χ0) is 34.6. The maximum atomic E-state index is 11.8. The SMILES string of the molecule is C=C(C)/C=C(/C(Nc1cccc(C#Cc2cncc(C(N)OC)c2)c1)OC)N(C)C.CCCNCCNC(=O)c1cccc(SC)c1. The van der Waals surface area contributed by atoms with Crippen LogP contribution in [0, 0.1) is 11.8 Å². The van der Waals surface area contributed by atoms with Crippen LogP contribution in [0.2, 0.25) is 0 Å². The normalized spacial score (nSPS) is 12.0. The minimum Gasteiger partial charge on any atom is -0.377 e. The molecule has 1 amide bonds. The van der Waals surface area contributed by atoms with Gasteiger partial charge in [0.05, 0.1) is 5.70 Å². The average Bonchev–Trinajstić information content (AvgIpc) is 3.08. The van der Waals surface area contributed by atoms with E-state index in [2.05, 4.69) is 46.3 Å². The molecule has 1 heterocycles. The Morgan fingerprint density at radius 3 is 2.45 bits per heavy atom. The highest BCUT2D eigenvalue weighted by Gasteiger charge is 2.15. The Hall–Kier alpha value is -4.11. The van der Waals surface area contributed by atoms with E-state index in [1.165, 1.54) is 0 Å². The molecule has 0 aliphatic heterocycles. The summed E-state index contributed by atoms with van der Waals surface area (Å²) >= 11 is 1.64. The summed E-state index contributed by atoms with van der Waals surface area (Å²) in [5, 5.41) is 9.54. The lowest BCUT2D eigenvalue weighted by molar-refractivity contribution is 0.0953. The minimum absolute atomic E-state index is 0.000742. The van der Waals surface area contributed by atoms with Gasteiger partial charge in [-0.1, -0.05) is 43.0 Å². The number of anilines is 1. The Balaban J connectivity index is 0.000000382. The fraction of sp³-hybridized carbons (Fsp3) is 0.351. The van der Waals surface area contributed by atoms with Crippen LogP contribution in [0.3, 0.4) is 0 Å². The second-order valence-electron chi connectivity index (χ2n) is 10.8. The highest BCUT2D eigenvalue weighted by Crippen LogP contribution is 2.18. The van der Waals surface area contributed by atoms with Crippen LogP contribution >= 0.6 is 11.8 Å². The predicted molar refractivity (Wildman–Crippen MR) is 195 cm³/mol. The Bertz CT molecular complexity index is 1510. The van der Waals surface area contributed by atoms with Gasteiger partial charge in [0.25, 0.3) is 5.91 Å². The summed E-state index contributed by atoms with van der Waals surface area (Å²) in [5.74, 6) is 6.30. The number of hydrogen-bond acceptors (Lipinski definition) is 9. The number of thioether (sulfide) groups is 1. The van der Waals surface area contributed by atoms with Gasteiger partial charge in [0.15, 0.2) is 6.23 Å². The summed E-state index contributed by atoms with van der Waals surface area (Å²) in [4.78, 5) is 19.1. The van der Waals surface area contributed by atoms with Crippen molar-refractivity contribution in [2.75, 3.05) is 59.5 Å². The number of methoxy groups -OCH3 is 2. The van der Waals surface area contributed by atoms with Crippen LogP contribution < -0.4 is 21.7 Å². The lowest BCUT2D eigenvalue weighted by Crippen LogP contribution is -2.32. The molecule has 0 fully saturated rings. The maximum Gasteiger partial charge on any atom is 0.251 e. The van der Waals surface area contributed by atoms with Gasteiger partial charge in [0.2, 0.25) is 0 Å². The number of allylic oxidation sites excluding steroid dienone is 2. The number of carbonyl (C=O) groups excluding carboxylic acids is 1. The number of hydrogen-bond donors (Lipinski definition) is 4. The van der Waals surface area contributed by atoms with Gasteiger partial charge in [-0.15, -0.1) is 11.8 Å². The fourth-order valence-electron chi connectivity index (χ4n) is 4.18. The fourth-order valence-corrected chi connectivity index (χ4v) is 4.64. The van der Waals surface area contributed by atoms with E-state index >= 15 is 0 Å². The second kappa shape index (κ2) is 21.6. The largest absolute Gasteiger partial charge is 0.377 e. The number of ether oxygens (including phenoxy) is 2. The quantitative estimate of drug-likeness (QED) is 0.0543. The molecule has 2 unspecified atom stereocenters. The summed E-state index contributed by atoms with van der Waals surface area (Å²) in [5.41, 5.74) is 11.8. The number of nitrogens with one attached hydrogen (secondary N) is 3. The van der Waals surface area contributed by atoms with Crippen molar-refractivity contribution in [3.05, 3.63) is 113 Å². The lowest BCUT2D eigenvalue weighted by Gasteiger charge is -2.27. The number of nitrogens with two attached hydrogens (primary N) is 1. The number of amides is 1. The third kappa shape index (κ3) is 14.5. The number of likely N-dealkylation sites (N-methyl/N-ethyl adjacent to an activating group) is 1. The van der Waals surface area contributed by atoms with Crippen LogP contribution in [-0.2, 0) is 9.47 Å². The van der Waals surface area contributed by atoms with Gasteiger partial charge < -0.3 is 36.1 Å². The third-order valence-corrected chi connectivity index (χ3v) is 7.34. The van der Waals surface area contributed by atoms with Gasteiger partial charge in [0.1, 0.15) is 6.23 Å². The first-order valence-corrected chi connectivity index (χ1v) is 16.7. The van der Waals surface area contributed by atoms with E-state index in [0.29, 0.717) is 6.54 Å². The molecule has 0 aliphatic rings. The Morgan fingerprint density at radius 2 is 1.79 bits per heavy atom. The number of carbonyl (C=O) groups is 1. The topological polar surface area (TPSA) is 114 Å². The zero-order valence-electron chi connectivity index (χ0n) is 28.7. The molecule has 10 heteroatoms. The van der Waals surface area contributed by atoms with Crippen LogP contribution in [-0.4, -0.2) is 76.2 Å². The van der Waals surface area contributed by atoms with Crippen molar-refractivity contribution in [3.8, 4) is 11.8 Å². The van der Waals surface area contributed by atoms with E-state index in [9.17, 15) is 4.79 Å². The third-order valence-electron chi connectivity index (χ3n) is 6.61. The standard InChI is InChI=1S/C24H30N4O2.C13H20N2OS/c1-17(2)12-22(28(3)4)24(30-6)27-21-9-7-8-18(14-21)10-11-19-13-20(16-26-15-19)23(25)29-5;1-3-7-14-8-9-15-13(16)11-5-4-6-12(10-11)17-2/h7-9,12-16,23-24,27H,1,25H2,2-6H3;4-6,10,14H,3,7-9H2,1-2H3,(H,15,16)/b22-12-;. The van der Waals surface area contributed by atoms with Gasteiger partial charge in [0, 0.05) is 86.6 Å². The van der Waals surface area contributed by atoms with Crippen LogP contribution in [0.1, 0.15) is 53.5 Å². The maximum absolute atomic E-state index is 11.8. The first-order chi connectivity index (χ1) is 22.6. The van der Waals surface area contributed by atoms with Gasteiger partial charge in [-0.25, -0.2) is 0 Å². The second-order valence-corrected chi connectivity index (χ2v) is 11.7. The van der Waals surface area contributed by atoms with Crippen LogP contribution in [0.5, 0.6) is 0 Å². The molecule has 2 atom stereocenters. The minimum atomic E-state index is -0.518. The molecule has 47 heavy (non-hydrogen) atoms. The van der Waals surface area contributed by atoms with E-state index in [0.717, 1.165) is 63.6 Å². The number of pyridine rings is 1. The smallest absolute Gasteiger partial charge is 0.251 e. The monoisotopic (exact) mass is 658 g/mol. The molecule has 0 spiro atoms. The summed E-state index contributed by atoms with van der Waals surface area (Å²) in [6.45, 7) is 10.5. The first-order valence-electron chi connectivity index (χ1n) is 15.4. The molecule has 0 radical (unpaired) electrons. The predicted octanol–water partition coefficient (Wildman–Crippen LogP) is 5.63. The molecule has 2 aromatic carbocycles. The van der Waals surface area contributed by atoms with E-state index in [4.69, 9.17) is 15.2 Å². The number of aromatic nitrogens is 1. The molecule has 0 aliphatic carbocycles. The highest BCUT2D eigenvalue weighted by atomic mass is 32.2. The molecule has 3 aromatic rings. The molecule has 0 saturated heterocycles. The van der Waals surface area contributed by atoms with Crippen LogP contribution in [0.15, 0.2) is 95.8 Å².